The van der Waals surface area contributed by atoms with Gasteiger partial charge in [0.1, 0.15) is 6.07 Å². The van der Waals surface area contributed by atoms with Crippen molar-refractivity contribution in [3.8, 4) is 11.8 Å². The smallest absolute Gasteiger partial charge is 0.544 e. The van der Waals surface area contributed by atoms with Crippen LogP contribution < -0.4 is 45.3 Å². The molecular formula is C26H15ClF3N4NaO3. The number of nitrogens with zero attached hydrogens (tertiary/aromatic N) is 2. The Bertz CT molecular complexity index is 1590. The number of hydrogen-bond acceptors (Lipinski definition) is 4. The van der Waals surface area contributed by atoms with Crippen LogP contribution in [0.3, 0.4) is 0 Å². The fourth-order valence-corrected chi connectivity index (χ4v) is 3.87. The van der Waals surface area contributed by atoms with Gasteiger partial charge in [-0.3, -0.25) is 0 Å². The molecule has 0 spiro atoms. The van der Waals surface area contributed by atoms with Crippen LogP contribution in [0.1, 0.15) is 11.1 Å². The molecule has 1 heterocycles. The fourth-order valence-electron chi connectivity index (χ4n) is 3.65. The number of carbonyl (C=O) groups excluding carboxylic acids is 2. The van der Waals surface area contributed by atoms with E-state index in [1.54, 1.807) is 59.3 Å². The number of alkyl halides is 3. The molecule has 0 aliphatic carbocycles. The number of carbonyl (C=O) groups is 2. The predicted molar refractivity (Wildman–Crippen MR) is 131 cm³/mol. The number of aliphatic carboxylic acids is 1. The molecule has 1 aromatic heterocycles. The summed E-state index contributed by atoms with van der Waals surface area (Å²) in [4.78, 5) is 23.5. The first kappa shape index (κ1) is 28.8. The quantitative estimate of drug-likeness (QED) is 0.228. The maximum atomic E-state index is 13.0. The van der Waals surface area contributed by atoms with E-state index >= 15 is 0 Å². The molecule has 4 aromatic rings. The Labute approximate surface area is 241 Å². The molecule has 0 aliphatic heterocycles. The zero-order valence-corrected chi connectivity index (χ0v) is 22.4. The van der Waals surface area contributed by atoms with Crippen molar-refractivity contribution in [2.75, 3.05) is 10.6 Å². The molecule has 0 bridgehead atoms. The summed E-state index contributed by atoms with van der Waals surface area (Å²) < 4.78 is 40.9. The minimum atomic E-state index is -4.67. The van der Waals surface area contributed by atoms with E-state index in [4.69, 9.17) is 16.9 Å². The van der Waals surface area contributed by atoms with Crippen LogP contribution in [0.4, 0.5) is 29.3 Å². The van der Waals surface area contributed by atoms with Gasteiger partial charge in [-0.25, -0.2) is 4.79 Å². The van der Waals surface area contributed by atoms with Gasteiger partial charge < -0.3 is 25.1 Å². The minimum Gasteiger partial charge on any atom is -0.544 e. The van der Waals surface area contributed by atoms with Gasteiger partial charge in [0.15, 0.2) is 0 Å². The Balaban J connectivity index is 0.00000400. The summed E-state index contributed by atoms with van der Waals surface area (Å²) in [7, 11) is 0. The number of para-hydroxylation sites is 1. The maximum absolute atomic E-state index is 13.0. The van der Waals surface area contributed by atoms with Crippen molar-refractivity contribution in [3.63, 3.8) is 0 Å². The second-order valence-corrected chi connectivity index (χ2v) is 8.15. The number of carboxylic acids is 1. The molecule has 7 nitrogen and oxygen atoms in total. The van der Waals surface area contributed by atoms with E-state index < -0.39 is 34.3 Å². The Morgan fingerprint density at radius 3 is 2.26 bits per heavy atom. The maximum Gasteiger partial charge on any atom is 1.00 e. The summed E-state index contributed by atoms with van der Waals surface area (Å²) in [6, 6.07) is 17.6. The number of hydrogen-bond donors (Lipinski definition) is 2. The summed E-state index contributed by atoms with van der Waals surface area (Å²) in [5.41, 5.74) is 0.610. The summed E-state index contributed by atoms with van der Waals surface area (Å²) >= 11 is 5.60. The van der Waals surface area contributed by atoms with Crippen LogP contribution in [0.5, 0.6) is 0 Å². The standard InChI is InChI=1S/C26H16ClF3N4O3.Na/c27-22-10-7-18(12-21(22)26(28,29)30)33-25(37)32-17-5-8-19(9-6-17)34-14-16(11-15(13-31)24(35)36)20-3-1-2-4-23(20)34;/h1-12,14H,(H,35,36)(H2,32,33,37);/q;+1/p-1/b15-11+;. The molecule has 0 radical (unpaired) electrons. The first-order valence-electron chi connectivity index (χ1n) is 10.6. The van der Waals surface area contributed by atoms with Crippen LogP contribution in [0.2, 0.25) is 5.02 Å². The molecule has 0 saturated heterocycles. The predicted octanol–water partition coefficient (Wildman–Crippen LogP) is 2.61. The number of fused-ring (bicyclic) bond motifs is 1. The first-order valence-corrected chi connectivity index (χ1v) is 10.9. The van der Waals surface area contributed by atoms with Gasteiger partial charge in [0.25, 0.3) is 0 Å². The Morgan fingerprint density at radius 1 is 1.00 bits per heavy atom. The van der Waals surface area contributed by atoms with E-state index in [1.165, 1.54) is 12.1 Å². The molecule has 2 N–H and O–H groups in total. The van der Waals surface area contributed by atoms with Crippen molar-refractivity contribution in [3.05, 3.63) is 94.6 Å². The zero-order valence-electron chi connectivity index (χ0n) is 19.6. The molecular weight excluding hydrogens is 532 g/mol. The largest absolute Gasteiger partial charge is 1.00 e. The second kappa shape index (κ2) is 11.8. The summed E-state index contributed by atoms with van der Waals surface area (Å²) in [5.74, 6) is -1.58. The minimum absolute atomic E-state index is 0. The number of nitriles is 1. The molecule has 0 saturated carbocycles. The van der Waals surface area contributed by atoms with Crippen LogP contribution in [-0.2, 0) is 11.0 Å². The Kier molecular flexibility index (Phi) is 8.91. The molecule has 0 unspecified atom stereocenters. The Morgan fingerprint density at radius 2 is 1.63 bits per heavy atom. The zero-order chi connectivity index (χ0) is 26.7. The fraction of sp³-hybridized carbons (Fsp3) is 0.0385. The van der Waals surface area contributed by atoms with E-state index in [-0.39, 0.29) is 35.2 Å². The number of urea groups is 1. The third-order valence-corrected chi connectivity index (χ3v) is 5.65. The summed E-state index contributed by atoms with van der Waals surface area (Å²) in [6.07, 6.45) is -1.77. The topological polar surface area (TPSA) is 110 Å². The van der Waals surface area contributed by atoms with Gasteiger partial charge in [-0.15, -0.1) is 0 Å². The number of halogens is 4. The molecule has 0 aliphatic rings. The van der Waals surface area contributed by atoms with Crippen molar-refractivity contribution in [1.29, 1.82) is 5.26 Å². The van der Waals surface area contributed by atoms with Gasteiger partial charge in [-0.1, -0.05) is 29.8 Å². The van der Waals surface area contributed by atoms with E-state index in [0.29, 0.717) is 22.3 Å². The molecule has 3 aromatic carbocycles. The van der Waals surface area contributed by atoms with Crippen molar-refractivity contribution < 1.29 is 57.4 Å². The Hall–Kier alpha value is -3.75. The normalized spacial score (nSPS) is 11.4. The first-order chi connectivity index (χ1) is 17.6. The molecule has 0 atom stereocenters. The van der Waals surface area contributed by atoms with Crippen LogP contribution >= 0.6 is 11.6 Å². The third-order valence-electron chi connectivity index (χ3n) is 5.32. The molecule has 12 heteroatoms. The molecule has 38 heavy (non-hydrogen) atoms. The van der Waals surface area contributed by atoms with Gasteiger partial charge in [-0.2, -0.15) is 18.4 Å². The number of carboxylic acid groups (broad SMARTS) is 1. The van der Waals surface area contributed by atoms with Crippen LogP contribution in [0.25, 0.3) is 22.7 Å². The molecule has 4 rings (SSSR count). The summed E-state index contributed by atoms with van der Waals surface area (Å²) in [6.45, 7) is 0. The average molecular weight is 547 g/mol. The van der Waals surface area contributed by atoms with Gasteiger partial charge in [0.05, 0.1) is 27.6 Å². The van der Waals surface area contributed by atoms with Gasteiger partial charge in [0, 0.05) is 34.2 Å². The van der Waals surface area contributed by atoms with Crippen LogP contribution in [-0.4, -0.2) is 16.6 Å². The number of aromatic nitrogens is 1. The van der Waals surface area contributed by atoms with Crippen molar-refractivity contribution in [1.82, 2.24) is 4.57 Å². The van der Waals surface area contributed by atoms with Gasteiger partial charge in [-0.05, 0) is 54.6 Å². The van der Waals surface area contributed by atoms with Crippen molar-refractivity contribution >= 4 is 52.0 Å². The second-order valence-electron chi connectivity index (χ2n) is 7.75. The van der Waals surface area contributed by atoms with E-state index in [9.17, 15) is 27.9 Å². The molecule has 0 fully saturated rings. The number of anilines is 2. The van der Waals surface area contributed by atoms with Crippen LogP contribution in [0.15, 0.2) is 78.5 Å². The number of nitrogens with one attached hydrogen (secondary N) is 2. The van der Waals surface area contributed by atoms with Crippen LogP contribution in [0, 0.1) is 11.3 Å². The third kappa shape index (κ3) is 6.38. The number of benzene rings is 3. The van der Waals surface area contributed by atoms with Gasteiger partial charge in [0.2, 0.25) is 0 Å². The van der Waals surface area contributed by atoms with Crippen molar-refractivity contribution in [2.24, 2.45) is 0 Å². The molecule has 186 valence electrons. The summed E-state index contributed by atoms with van der Waals surface area (Å²) in [5, 5.41) is 25.3. The van der Waals surface area contributed by atoms with Gasteiger partial charge >= 0.3 is 41.8 Å². The average Bonchev–Trinajstić information content (AvgIpc) is 3.21. The monoisotopic (exact) mass is 546 g/mol. The van der Waals surface area contributed by atoms with Crippen molar-refractivity contribution in [2.45, 2.75) is 6.18 Å². The molecule has 2 amide bonds. The van der Waals surface area contributed by atoms with E-state index in [2.05, 4.69) is 10.6 Å². The number of amides is 2. The number of rotatable bonds is 5. The van der Waals surface area contributed by atoms with E-state index in [0.717, 1.165) is 17.6 Å². The van der Waals surface area contributed by atoms with E-state index in [1.807, 2.05) is 6.07 Å². The SMILES string of the molecule is N#C/C(=C\c1cn(-c2ccc(NC(=O)Nc3ccc(Cl)c(C(F)(F)F)c3)cc2)c2ccccc12)C(=O)[O-].[Na+].